The van der Waals surface area contributed by atoms with Crippen LogP contribution in [0.2, 0.25) is 0 Å². The number of nitrogens with one attached hydrogen (secondary N) is 1. The number of carbonyl (C=O) groups is 1. The Hall–Kier alpha value is -2.96. The van der Waals surface area contributed by atoms with Gasteiger partial charge in [-0.25, -0.2) is 4.79 Å². The molecule has 3 aromatic rings. The van der Waals surface area contributed by atoms with E-state index in [1.807, 2.05) is 45.8 Å². The van der Waals surface area contributed by atoms with Crippen molar-refractivity contribution in [2.45, 2.75) is 25.3 Å². The van der Waals surface area contributed by atoms with Gasteiger partial charge in [-0.2, -0.15) is 0 Å². The van der Waals surface area contributed by atoms with Crippen LogP contribution in [-0.4, -0.2) is 43.6 Å². The van der Waals surface area contributed by atoms with E-state index in [1.165, 1.54) is 0 Å². The Bertz CT molecular complexity index is 854. The molecule has 1 N–H and O–H groups in total. The van der Waals surface area contributed by atoms with Gasteiger partial charge in [-0.05, 0) is 36.6 Å². The van der Waals surface area contributed by atoms with Crippen molar-refractivity contribution in [2.75, 3.05) is 13.1 Å². The highest BCUT2D eigenvalue weighted by molar-refractivity contribution is 5.74. The van der Waals surface area contributed by atoms with Crippen molar-refractivity contribution in [3.8, 4) is 0 Å². The van der Waals surface area contributed by atoms with Gasteiger partial charge in [0.15, 0.2) is 5.65 Å². The second-order valence-corrected chi connectivity index (χ2v) is 6.27. The van der Waals surface area contributed by atoms with Crippen LogP contribution in [0.25, 0.3) is 5.65 Å². The van der Waals surface area contributed by atoms with Gasteiger partial charge in [-0.15, -0.1) is 10.2 Å². The molecule has 1 aliphatic rings. The van der Waals surface area contributed by atoms with Gasteiger partial charge in [-0.1, -0.05) is 12.1 Å². The summed E-state index contributed by atoms with van der Waals surface area (Å²) in [5.41, 5.74) is 1.87. The monoisotopic (exact) mass is 336 g/mol. The number of amides is 2. The number of carbonyl (C=O) groups excluding carboxylic acids is 1. The zero-order valence-corrected chi connectivity index (χ0v) is 13.9. The van der Waals surface area contributed by atoms with Gasteiger partial charge in [-0.3, -0.25) is 9.38 Å². The summed E-state index contributed by atoms with van der Waals surface area (Å²) in [6, 6.07) is 9.71. The van der Waals surface area contributed by atoms with Crippen molar-refractivity contribution < 1.29 is 4.79 Å². The number of hydrogen-bond acceptors (Lipinski definition) is 4. The molecule has 0 saturated carbocycles. The first-order valence-corrected chi connectivity index (χ1v) is 8.52. The largest absolute Gasteiger partial charge is 0.334 e. The van der Waals surface area contributed by atoms with Crippen molar-refractivity contribution in [3.05, 3.63) is 60.3 Å². The maximum absolute atomic E-state index is 12.3. The predicted molar refractivity (Wildman–Crippen MR) is 93.0 cm³/mol. The second-order valence-electron chi connectivity index (χ2n) is 6.27. The first-order chi connectivity index (χ1) is 12.3. The van der Waals surface area contributed by atoms with Gasteiger partial charge in [0, 0.05) is 44.1 Å². The quantitative estimate of drug-likeness (QED) is 0.796. The number of hydrogen-bond donors (Lipinski definition) is 1. The molecule has 0 aliphatic carbocycles. The van der Waals surface area contributed by atoms with Crippen LogP contribution in [0.1, 0.15) is 30.1 Å². The summed E-state index contributed by atoms with van der Waals surface area (Å²) in [6.45, 7) is 1.96. The fraction of sp³-hybridized carbons (Fsp3) is 0.333. The number of urea groups is 1. The molecule has 128 valence electrons. The van der Waals surface area contributed by atoms with Crippen molar-refractivity contribution in [1.82, 2.24) is 29.8 Å². The van der Waals surface area contributed by atoms with Crippen LogP contribution < -0.4 is 5.32 Å². The summed E-state index contributed by atoms with van der Waals surface area (Å²) >= 11 is 0. The van der Waals surface area contributed by atoms with E-state index in [4.69, 9.17) is 0 Å². The van der Waals surface area contributed by atoms with E-state index in [9.17, 15) is 4.79 Å². The summed E-state index contributed by atoms with van der Waals surface area (Å²) in [7, 11) is 0. The molecule has 1 fully saturated rings. The molecule has 0 unspecified atom stereocenters. The third kappa shape index (κ3) is 3.31. The highest BCUT2D eigenvalue weighted by Crippen LogP contribution is 2.27. The molecule has 7 nitrogen and oxygen atoms in total. The summed E-state index contributed by atoms with van der Waals surface area (Å²) in [5.74, 6) is 1.32. The van der Waals surface area contributed by atoms with E-state index in [0.29, 0.717) is 12.5 Å². The van der Waals surface area contributed by atoms with Gasteiger partial charge >= 0.3 is 6.03 Å². The Morgan fingerprint density at radius 1 is 1.16 bits per heavy atom. The van der Waals surface area contributed by atoms with Crippen LogP contribution in [-0.2, 0) is 6.54 Å². The van der Waals surface area contributed by atoms with Crippen LogP contribution in [0, 0.1) is 0 Å². The Morgan fingerprint density at radius 2 is 2.04 bits per heavy atom. The van der Waals surface area contributed by atoms with Gasteiger partial charge in [0.1, 0.15) is 5.82 Å². The van der Waals surface area contributed by atoms with Crippen molar-refractivity contribution >= 4 is 11.7 Å². The van der Waals surface area contributed by atoms with Gasteiger partial charge < -0.3 is 10.2 Å². The molecule has 1 saturated heterocycles. The van der Waals surface area contributed by atoms with E-state index in [2.05, 4.69) is 20.5 Å². The normalized spacial score (nSPS) is 15.4. The van der Waals surface area contributed by atoms with Crippen LogP contribution in [0.15, 0.2) is 48.9 Å². The minimum atomic E-state index is -0.0200. The molecule has 0 radical (unpaired) electrons. The molecular weight excluding hydrogens is 316 g/mol. The predicted octanol–water partition coefficient (Wildman–Crippen LogP) is 2.21. The Labute approximate surface area is 145 Å². The third-order valence-electron chi connectivity index (χ3n) is 4.65. The van der Waals surface area contributed by atoms with E-state index in [1.54, 1.807) is 12.4 Å². The molecular formula is C18H20N6O. The Balaban J connectivity index is 1.34. The van der Waals surface area contributed by atoms with Crippen LogP contribution in [0.4, 0.5) is 4.79 Å². The number of likely N-dealkylation sites (tertiary alicyclic amines) is 1. The molecule has 0 bridgehead atoms. The van der Waals surface area contributed by atoms with Gasteiger partial charge in [0.05, 0.1) is 0 Å². The molecule has 25 heavy (non-hydrogen) atoms. The maximum atomic E-state index is 12.3. The molecule has 1 aliphatic heterocycles. The highest BCUT2D eigenvalue weighted by atomic mass is 16.2. The molecule has 2 amide bonds. The number of rotatable bonds is 3. The van der Waals surface area contributed by atoms with E-state index in [0.717, 1.165) is 43.0 Å². The lowest BCUT2D eigenvalue weighted by Gasteiger charge is -2.31. The lowest BCUT2D eigenvalue weighted by atomic mass is 9.96. The molecule has 4 rings (SSSR count). The number of fused-ring (bicyclic) bond motifs is 1. The minimum Gasteiger partial charge on any atom is -0.334 e. The number of nitrogens with zero attached hydrogens (tertiary/aromatic N) is 5. The number of pyridine rings is 2. The first kappa shape index (κ1) is 15.6. The van der Waals surface area contributed by atoms with Crippen LogP contribution >= 0.6 is 0 Å². The lowest BCUT2D eigenvalue weighted by Crippen LogP contribution is -2.44. The number of aromatic nitrogens is 4. The first-order valence-electron chi connectivity index (χ1n) is 8.52. The molecule has 0 spiro atoms. The molecule has 0 aromatic carbocycles. The molecule has 0 atom stereocenters. The topological polar surface area (TPSA) is 75.4 Å². The average Bonchev–Trinajstić information content (AvgIpc) is 3.11. The molecule has 3 aromatic heterocycles. The zero-order chi connectivity index (χ0) is 17.1. The van der Waals surface area contributed by atoms with Crippen molar-refractivity contribution in [1.29, 1.82) is 0 Å². The van der Waals surface area contributed by atoms with Gasteiger partial charge in [0.25, 0.3) is 0 Å². The third-order valence-corrected chi connectivity index (χ3v) is 4.65. The van der Waals surface area contributed by atoms with Crippen molar-refractivity contribution in [2.24, 2.45) is 0 Å². The highest BCUT2D eigenvalue weighted by Gasteiger charge is 2.26. The van der Waals surface area contributed by atoms with Gasteiger partial charge in [0.2, 0.25) is 0 Å². The minimum absolute atomic E-state index is 0.0200. The van der Waals surface area contributed by atoms with E-state index < -0.39 is 0 Å². The average molecular weight is 336 g/mol. The van der Waals surface area contributed by atoms with Crippen LogP contribution in [0.3, 0.4) is 0 Å². The Morgan fingerprint density at radius 3 is 2.84 bits per heavy atom. The summed E-state index contributed by atoms with van der Waals surface area (Å²) in [4.78, 5) is 18.3. The van der Waals surface area contributed by atoms with E-state index >= 15 is 0 Å². The SMILES string of the molecule is O=C(NCc1cccnc1)N1CCC(c2nnc3ccccn23)CC1. The van der Waals surface area contributed by atoms with E-state index in [-0.39, 0.29) is 6.03 Å². The summed E-state index contributed by atoms with van der Waals surface area (Å²) < 4.78 is 2.04. The fourth-order valence-corrected chi connectivity index (χ4v) is 3.27. The smallest absolute Gasteiger partial charge is 0.317 e. The fourth-order valence-electron chi connectivity index (χ4n) is 3.27. The standard InChI is InChI=1S/C18H20N6O/c25-18(20-13-14-4-3-8-19-12-14)23-10-6-15(7-11-23)17-22-21-16-5-1-2-9-24(16)17/h1-5,8-9,12,15H,6-7,10-11,13H2,(H,20,25). The zero-order valence-electron chi connectivity index (χ0n) is 13.9. The maximum Gasteiger partial charge on any atom is 0.317 e. The summed E-state index contributed by atoms with van der Waals surface area (Å²) in [5, 5.41) is 11.5. The van der Waals surface area contributed by atoms with Crippen molar-refractivity contribution in [3.63, 3.8) is 0 Å². The molecule has 7 heteroatoms. The lowest BCUT2D eigenvalue weighted by molar-refractivity contribution is 0.180. The second kappa shape index (κ2) is 6.88. The number of piperidine rings is 1. The summed E-state index contributed by atoms with van der Waals surface area (Å²) in [6.07, 6.45) is 7.29. The van der Waals surface area contributed by atoms with Crippen LogP contribution in [0.5, 0.6) is 0 Å². The molecule has 4 heterocycles. The Kier molecular flexibility index (Phi) is 4.28.